The molecule has 2 aromatic carbocycles. The number of hydrogen-bond donors (Lipinski definition) is 2. The van der Waals surface area contributed by atoms with E-state index in [0.717, 1.165) is 5.56 Å². The summed E-state index contributed by atoms with van der Waals surface area (Å²) >= 11 is 0. The Balaban J connectivity index is 1.53. The SMILES string of the molecule is COCCOc1ccc(-c2nnc(CCC(=O)NCCc3ccc(OC)c(OC)c3)c(=O)[nH]2)cc1OC. The zero-order valence-corrected chi connectivity index (χ0v) is 21.5. The lowest BCUT2D eigenvalue weighted by atomic mass is 10.1. The molecule has 1 amide bonds. The first-order chi connectivity index (χ1) is 18.0. The summed E-state index contributed by atoms with van der Waals surface area (Å²) < 4.78 is 26.5. The maximum absolute atomic E-state index is 12.6. The summed E-state index contributed by atoms with van der Waals surface area (Å²) in [6.07, 6.45) is 0.908. The third-order valence-corrected chi connectivity index (χ3v) is 5.52. The maximum Gasteiger partial charge on any atom is 0.273 e. The van der Waals surface area contributed by atoms with Crippen molar-refractivity contribution in [1.29, 1.82) is 0 Å². The molecule has 0 saturated carbocycles. The van der Waals surface area contributed by atoms with Crippen LogP contribution in [0.15, 0.2) is 41.2 Å². The first-order valence-electron chi connectivity index (χ1n) is 11.7. The van der Waals surface area contributed by atoms with Crippen molar-refractivity contribution in [3.63, 3.8) is 0 Å². The Labute approximate surface area is 215 Å². The van der Waals surface area contributed by atoms with Crippen LogP contribution in [0.2, 0.25) is 0 Å². The van der Waals surface area contributed by atoms with E-state index < -0.39 is 5.56 Å². The Hall–Kier alpha value is -4.12. The number of ether oxygens (including phenoxy) is 5. The Morgan fingerprint density at radius 3 is 2.30 bits per heavy atom. The van der Waals surface area contributed by atoms with E-state index in [4.69, 9.17) is 23.7 Å². The molecule has 1 heterocycles. The maximum atomic E-state index is 12.6. The summed E-state index contributed by atoms with van der Waals surface area (Å²) in [7, 11) is 6.28. The summed E-state index contributed by atoms with van der Waals surface area (Å²) in [4.78, 5) is 27.6. The van der Waals surface area contributed by atoms with E-state index >= 15 is 0 Å². The van der Waals surface area contributed by atoms with Gasteiger partial charge in [0.2, 0.25) is 5.91 Å². The number of rotatable bonds is 14. The average Bonchev–Trinajstić information content (AvgIpc) is 2.92. The molecule has 0 spiro atoms. The number of aromatic amines is 1. The molecule has 2 N–H and O–H groups in total. The lowest BCUT2D eigenvalue weighted by Gasteiger charge is -2.11. The van der Waals surface area contributed by atoms with Gasteiger partial charge in [-0.15, -0.1) is 10.2 Å². The van der Waals surface area contributed by atoms with Gasteiger partial charge in [0.05, 0.1) is 27.9 Å². The van der Waals surface area contributed by atoms with Gasteiger partial charge in [-0.25, -0.2) is 0 Å². The highest BCUT2D eigenvalue weighted by atomic mass is 16.5. The molecule has 0 aliphatic rings. The van der Waals surface area contributed by atoms with Crippen molar-refractivity contribution < 1.29 is 28.5 Å². The minimum absolute atomic E-state index is 0.115. The predicted octanol–water partition coefficient (Wildman–Crippen LogP) is 2.17. The highest BCUT2D eigenvalue weighted by molar-refractivity contribution is 5.76. The second kappa shape index (κ2) is 13.8. The van der Waals surface area contributed by atoms with Crippen LogP contribution in [0.5, 0.6) is 23.0 Å². The number of aromatic nitrogens is 3. The Kier molecular flexibility index (Phi) is 10.3. The van der Waals surface area contributed by atoms with E-state index in [1.165, 1.54) is 7.11 Å². The summed E-state index contributed by atoms with van der Waals surface area (Å²) in [5.74, 6) is 2.43. The van der Waals surface area contributed by atoms with Crippen LogP contribution < -0.4 is 29.8 Å². The van der Waals surface area contributed by atoms with Crippen LogP contribution >= 0.6 is 0 Å². The lowest BCUT2D eigenvalue weighted by molar-refractivity contribution is -0.121. The summed E-state index contributed by atoms with van der Waals surface area (Å²) in [6.45, 7) is 1.27. The molecule has 0 atom stereocenters. The zero-order chi connectivity index (χ0) is 26.6. The number of nitrogens with one attached hydrogen (secondary N) is 2. The highest BCUT2D eigenvalue weighted by Gasteiger charge is 2.12. The van der Waals surface area contributed by atoms with E-state index in [-0.39, 0.29) is 30.3 Å². The molecule has 198 valence electrons. The molecule has 0 radical (unpaired) electrons. The second-order valence-electron chi connectivity index (χ2n) is 7.95. The lowest BCUT2D eigenvalue weighted by Crippen LogP contribution is -2.27. The third-order valence-electron chi connectivity index (χ3n) is 5.52. The van der Waals surface area contributed by atoms with Crippen LogP contribution in [0.3, 0.4) is 0 Å². The molecule has 1 aromatic heterocycles. The third kappa shape index (κ3) is 7.68. The molecule has 0 aliphatic carbocycles. The standard InChI is InChI=1S/C26H32N4O7/c1-33-13-14-37-21-9-6-18(16-23(21)36-4)25-28-26(32)19(29-30-25)7-10-24(31)27-12-11-17-5-8-20(34-2)22(15-17)35-3/h5-6,8-9,15-16H,7,10-14H2,1-4H3,(H,27,31)(H,28,30,32). The van der Waals surface area contributed by atoms with Gasteiger partial charge in [-0.3, -0.25) is 9.59 Å². The van der Waals surface area contributed by atoms with Crippen molar-refractivity contribution in [2.24, 2.45) is 0 Å². The van der Waals surface area contributed by atoms with Crippen molar-refractivity contribution in [1.82, 2.24) is 20.5 Å². The number of benzene rings is 2. The minimum Gasteiger partial charge on any atom is -0.493 e. The molecule has 0 bridgehead atoms. The number of aryl methyl sites for hydroxylation is 1. The van der Waals surface area contributed by atoms with E-state index in [2.05, 4.69) is 20.5 Å². The van der Waals surface area contributed by atoms with Crippen molar-refractivity contribution in [3.05, 3.63) is 58.0 Å². The fraction of sp³-hybridized carbons (Fsp3) is 0.385. The van der Waals surface area contributed by atoms with Crippen molar-refractivity contribution >= 4 is 5.91 Å². The molecule has 0 fully saturated rings. The molecule has 0 aliphatic heterocycles. The number of methoxy groups -OCH3 is 4. The van der Waals surface area contributed by atoms with E-state index in [1.807, 2.05) is 18.2 Å². The van der Waals surface area contributed by atoms with Crippen LogP contribution in [-0.2, 0) is 22.4 Å². The fourth-order valence-electron chi connectivity index (χ4n) is 3.53. The number of H-pyrrole nitrogens is 1. The van der Waals surface area contributed by atoms with Gasteiger partial charge in [0.1, 0.15) is 12.3 Å². The molecule has 0 saturated heterocycles. The molecule has 11 heteroatoms. The van der Waals surface area contributed by atoms with Gasteiger partial charge in [0.25, 0.3) is 5.56 Å². The Morgan fingerprint density at radius 2 is 1.59 bits per heavy atom. The van der Waals surface area contributed by atoms with E-state index in [9.17, 15) is 9.59 Å². The van der Waals surface area contributed by atoms with Gasteiger partial charge in [0, 0.05) is 32.1 Å². The molecule has 3 rings (SSSR count). The van der Waals surface area contributed by atoms with Crippen molar-refractivity contribution in [3.8, 4) is 34.4 Å². The number of nitrogens with zero attached hydrogens (tertiary/aromatic N) is 2. The first kappa shape index (κ1) is 27.5. The van der Waals surface area contributed by atoms with Gasteiger partial charge < -0.3 is 34.0 Å². The van der Waals surface area contributed by atoms with Crippen LogP contribution in [0, 0.1) is 0 Å². The molecule has 11 nitrogen and oxygen atoms in total. The van der Waals surface area contributed by atoms with Gasteiger partial charge in [0.15, 0.2) is 28.8 Å². The average molecular weight is 513 g/mol. The molecule has 37 heavy (non-hydrogen) atoms. The molecule has 0 unspecified atom stereocenters. The second-order valence-corrected chi connectivity index (χ2v) is 7.95. The van der Waals surface area contributed by atoms with Crippen molar-refractivity contribution in [2.75, 3.05) is 48.2 Å². The fourth-order valence-corrected chi connectivity index (χ4v) is 3.53. The number of amides is 1. The Bertz CT molecular complexity index is 1250. The van der Waals surface area contributed by atoms with Gasteiger partial charge in [-0.1, -0.05) is 6.07 Å². The minimum atomic E-state index is -0.400. The number of carbonyl (C=O) groups is 1. The summed E-state index contributed by atoms with van der Waals surface area (Å²) in [5, 5.41) is 11.0. The molecule has 3 aromatic rings. The van der Waals surface area contributed by atoms with Crippen LogP contribution in [0.4, 0.5) is 0 Å². The van der Waals surface area contributed by atoms with Crippen molar-refractivity contribution in [2.45, 2.75) is 19.3 Å². The highest BCUT2D eigenvalue weighted by Crippen LogP contribution is 2.31. The topological polar surface area (TPSA) is 134 Å². The normalized spacial score (nSPS) is 10.6. The zero-order valence-electron chi connectivity index (χ0n) is 21.5. The summed E-state index contributed by atoms with van der Waals surface area (Å²) in [5.41, 5.74) is 1.40. The van der Waals surface area contributed by atoms with Gasteiger partial charge in [-0.2, -0.15) is 0 Å². The molecular formula is C26H32N4O7. The summed E-state index contributed by atoms with van der Waals surface area (Å²) in [6, 6.07) is 10.8. The van der Waals surface area contributed by atoms with Crippen LogP contribution in [-0.4, -0.2) is 69.3 Å². The quantitative estimate of drug-likeness (QED) is 0.312. The predicted molar refractivity (Wildman–Crippen MR) is 137 cm³/mol. The number of hydrogen-bond acceptors (Lipinski definition) is 9. The Morgan fingerprint density at radius 1 is 0.865 bits per heavy atom. The van der Waals surface area contributed by atoms with Gasteiger partial charge in [-0.05, 0) is 42.3 Å². The smallest absolute Gasteiger partial charge is 0.273 e. The van der Waals surface area contributed by atoms with Gasteiger partial charge >= 0.3 is 0 Å². The van der Waals surface area contributed by atoms with Crippen LogP contribution in [0.25, 0.3) is 11.4 Å². The monoisotopic (exact) mass is 512 g/mol. The first-order valence-corrected chi connectivity index (χ1v) is 11.7. The number of carbonyl (C=O) groups excluding carboxylic acids is 1. The largest absolute Gasteiger partial charge is 0.493 e. The van der Waals surface area contributed by atoms with E-state index in [0.29, 0.717) is 54.7 Å². The molecular weight excluding hydrogens is 480 g/mol. The van der Waals surface area contributed by atoms with E-state index in [1.54, 1.807) is 39.5 Å². The van der Waals surface area contributed by atoms with Crippen LogP contribution in [0.1, 0.15) is 17.7 Å².